The first-order valence-corrected chi connectivity index (χ1v) is 9.17. The number of piperidine rings is 1. The number of hydrogen-bond acceptors (Lipinski definition) is 3. The summed E-state index contributed by atoms with van der Waals surface area (Å²) in [5, 5.41) is 10.3. The molecule has 2 bridgehead atoms. The van der Waals surface area contributed by atoms with Crippen LogP contribution >= 0.6 is 27.5 Å². The van der Waals surface area contributed by atoms with Crippen molar-refractivity contribution in [3.63, 3.8) is 0 Å². The fourth-order valence-corrected chi connectivity index (χ4v) is 5.82. The predicted molar refractivity (Wildman–Crippen MR) is 80.2 cm³/mol. The van der Waals surface area contributed by atoms with Gasteiger partial charge in [0, 0.05) is 16.6 Å². The lowest BCUT2D eigenvalue weighted by atomic mass is 10.0. The Morgan fingerprint density at radius 2 is 1.85 bits per heavy atom. The van der Waals surface area contributed by atoms with Gasteiger partial charge in [-0.3, -0.25) is 0 Å². The lowest BCUT2D eigenvalue weighted by molar-refractivity contribution is 0.0769. The molecule has 2 unspecified atom stereocenters. The molecule has 0 spiro atoms. The number of benzene rings is 1. The Hall–Kier alpha value is -0.140. The molecule has 2 atom stereocenters. The van der Waals surface area contributed by atoms with E-state index in [4.69, 9.17) is 11.6 Å². The highest BCUT2D eigenvalue weighted by Gasteiger charge is 2.46. The molecule has 20 heavy (non-hydrogen) atoms. The van der Waals surface area contributed by atoms with Gasteiger partial charge in [0.15, 0.2) is 0 Å². The van der Waals surface area contributed by atoms with Crippen LogP contribution in [0.3, 0.4) is 0 Å². The monoisotopic (exact) mass is 379 g/mol. The van der Waals surface area contributed by atoms with E-state index in [2.05, 4.69) is 15.9 Å². The van der Waals surface area contributed by atoms with Gasteiger partial charge in [0.2, 0.25) is 10.0 Å². The second kappa shape index (κ2) is 5.25. The minimum Gasteiger partial charge on any atom is -0.393 e. The summed E-state index contributed by atoms with van der Waals surface area (Å²) in [5.41, 5.74) is 0. The van der Waals surface area contributed by atoms with Crippen LogP contribution in [0.2, 0.25) is 5.02 Å². The number of sulfonamides is 1. The molecular formula is C13H15BrClNO3S. The predicted octanol–water partition coefficient (Wildman–Crippen LogP) is 2.78. The summed E-state index contributed by atoms with van der Waals surface area (Å²) in [7, 11) is -3.53. The van der Waals surface area contributed by atoms with Gasteiger partial charge in [-0.25, -0.2) is 8.42 Å². The Morgan fingerprint density at radius 1 is 1.25 bits per heavy atom. The third-order valence-corrected chi connectivity index (χ3v) is 7.32. The number of nitrogens with zero attached hydrogens (tertiary/aromatic N) is 1. The molecule has 110 valence electrons. The number of fused-ring (bicyclic) bond motifs is 2. The van der Waals surface area contributed by atoms with Crippen LogP contribution in [0.15, 0.2) is 27.6 Å². The first-order valence-electron chi connectivity index (χ1n) is 6.56. The second-order valence-electron chi connectivity index (χ2n) is 5.42. The molecule has 1 aromatic rings. The van der Waals surface area contributed by atoms with Gasteiger partial charge in [-0.15, -0.1) is 0 Å². The van der Waals surface area contributed by atoms with E-state index in [1.165, 1.54) is 6.07 Å². The summed E-state index contributed by atoms with van der Waals surface area (Å²) in [6.07, 6.45) is 2.34. The van der Waals surface area contributed by atoms with Crippen LogP contribution in [0.25, 0.3) is 0 Å². The Labute approximate surface area is 131 Å². The van der Waals surface area contributed by atoms with Crippen LogP contribution in [-0.4, -0.2) is 36.0 Å². The maximum absolute atomic E-state index is 12.8. The van der Waals surface area contributed by atoms with Crippen LogP contribution in [0.5, 0.6) is 0 Å². The molecule has 2 aliphatic rings. The first-order chi connectivity index (χ1) is 9.39. The van der Waals surface area contributed by atoms with Gasteiger partial charge in [-0.05, 0) is 59.8 Å². The largest absolute Gasteiger partial charge is 0.393 e. The second-order valence-corrected chi connectivity index (χ2v) is 8.53. The molecule has 0 aromatic heterocycles. The fraction of sp³-hybridized carbons (Fsp3) is 0.538. The number of hydrogen-bond donors (Lipinski definition) is 1. The molecule has 2 fully saturated rings. The third kappa shape index (κ3) is 2.41. The molecule has 1 aromatic carbocycles. The summed E-state index contributed by atoms with van der Waals surface area (Å²) in [6.45, 7) is 0. The minimum absolute atomic E-state index is 0.0804. The number of aliphatic hydroxyl groups excluding tert-OH is 1. The van der Waals surface area contributed by atoms with Gasteiger partial charge in [0.05, 0.1) is 16.0 Å². The van der Waals surface area contributed by atoms with Crippen LogP contribution in [0.1, 0.15) is 25.7 Å². The Morgan fingerprint density at radius 3 is 2.40 bits per heavy atom. The van der Waals surface area contributed by atoms with Gasteiger partial charge in [-0.1, -0.05) is 11.6 Å². The highest BCUT2D eigenvalue weighted by atomic mass is 79.9. The molecule has 3 rings (SSSR count). The number of halogens is 2. The molecule has 2 heterocycles. The van der Waals surface area contributed by atoms with Crippen LogP contribution in [0, 0.1) is 0 Å². The molecule has 0 aliphatic carbocycles. The summed E-state index contributed by atoms with van der Waals surface area (Å²) in [4.78, 5) is 0.252. The van der Waals surface area contributed by atoms with Crippen molar-refractivity contribution >= 4 is 37.6 Å². The lowest BCUT2D eigenvalue weighted by Gasteiger charge is -2.36. The van der Waals surface area contributed by atoms with Crippen LogP contribution in [-0.2, 0) is 10.0 Å². The molecule has 1 N–H and O–H groups in total. The molecule has 0 radical (unpaired) electrons. The van der Waals surface area contributed by atoms with Crippen molar-refractivity contribution in [2.45, 2.75) is 48.8 Å². The molecule has 0 saturated carbocycles. The molecular weight excluding hydrogens is 366 g/mol. The number of rotatable bonds is 2. The van der Waals surface area contributed by atoms with Crippen molar-refractivity contribution in [2.24, 2.45) is 0 Å². The van der Waals surface area contributed by atoms with Gasteiger partial charge >= 0.3 is 0 Å². The molecule has 2 aliphatic heterocycles. The van der Waals surface area contributed by atoms with E-state index in [0.29, 0.717) is 22.3 Å². The summed E-state index contributed by atoms with van der Waals surface area (Å²) < 4.78 is 27.8. The molecule has 4 nitrogen and oxygen atoms in total. The van der Waals surface area contributed by atoms with Gasteiger partial charge < -0.3 is 5.11 Å². The Bertz CT molecular complexity index is 623. The average molecular weight is 381 g/mol. The van der Waals surface area contributed by atoms with Crippen molar-refractivity contribution < 1.29 is 13.5 Å². The lowest BCUT2D eigenvalue weighted by Crippen LogP contribution is -2.47. The standard InChI is InChI=1S/C13H15BrClNO3S/c14-12-7-11(3-4-13(12)15)20(18,19)16-8-1-2-9(16)6-10(17)5-8/h3-4,7-10,17H,1-2,5-6H2. The van der Waals surface area contributed by atoms with Gasteiger partial charge in [0.25, 0.3) is 0 Å². The van der Waals surface area contributed by atoms with Crippen molar-refractivity contribution in [1.82, 2.24) is 4.31 Å². The van der Waals surface area contributed by atoms with E-state index in [0.717, 1.165) is 12.8 Å². The van der Waals surface area contributed by atoms with E-state index >= 15 is 0 Å². The summed E-state index contributed by atoms with van der Waals surface area (Å²) in [6, 6.07) is 4.50. The van der Waals surface area contributed by atoms with Crippen LogP contribution in [0.4, 0.5) is 0 Å². The first kappa shape index (κ1) is 14.8. The van der Waals surface area contributed by atoms with E-state index in [-0.39, 0.29) is 23.1 Å². The highest BCUT2D eigenvalue weighted by molar-refractivity contribution is 9.10. The Balaban J connectivity index is 1.98. The minimum atomic E-state index is -3.53. The zero-order chi connectivity index (χ0) is 14.5. The highest BCUT2D eigenvalue weighted by Crippen LogP contribution is 2.40. The van der Waals surface area contributed by atoms with E-state index in [1.807, 2.05) is 0 Å². The normalized spacial score (nSPS) is 30.6. The molecule has 0 amide bonds. The average Bonchev–Trinajstić information content (AvgIpc) is 2.66. The number of aliphatic hydroxyl groups is 1. The SMILES string of the molecule is O=S(=O)(c1ccc(Cl)c(Br)c1)N1C2CCC1CC(O)C2. The van der Waals surface area contributed by atoms with E-state index in [9.17, 15) is 13.5 Å². The quantitative estimate of drug-likeness (QED) is 0.858. The van der Waals surface area contributed by atoms with Gasteiger partial charge in [-0.2, -0.15) is 4.31 Å². The maximum Gasteiger partial charge on any atom is 0.243 e. The van der Waals surface area contributed by atoms with E-state index in [1.54, 1.807) is 16.4 Å². The zero-order valence-corrected chi connectivity index (χ0v) is 13.8. The smallest absolute Gasteiger partial charge is 0.243 e. The van der Waals surface area contributed by atoms with Gasteiger partial charge in [0.1, 0.15) is 0 Å². The topological polar surface area (TPSA) is 57.6 Å². The van der Waals surface area contributed by atoms with Crippen LogP contribution < -0.4 is 0 Å². The Kier molecular flexibility index (Phi) is 3.88. The maximum atomic E-state index is 12.8. The third-order valence-electron chi connectivity index (χ3n) is 4.11. The summed E-state index contributed by atoms with van der Waals surface area (Å²) in [5.74, 6) is 0. The zero-order valence-electron chi connectivity index (χ0n) is 10.7. The molecule has 7 heteroatoms. The van der Waals surface area contributed by atoms with E-state index < -0.39 is 10.0 Å². The molecule has 2 saturated heterocycles. The fourth-order valence-electron chi connectivity index (χ4n) is 3.26. The van der Waals surface area contributed by atoms with Crippen molar-refractivity contribution in [3.8, 4) is 0 Å². The van der Waals surface area contributed by atoms with Crippen molar-refractivity contribution in [1.29, 1.82) is 0 Å². The van der Waals surface area contributed by atoms with Crippen molar-refractivity contribution in [3.05, 3.63) is 27.7 Å². The summed E-state index contributed by atoms with van der Waals surface area (Å²) >= 11 is 9.18. The van der Waals surface area contributed by atoms with Crippen molar-refractivity contribution in [2.75, 3.05) is 0 Å².